The highest BCUT2D eigenvalue weighted by Crippen LogP contribution is 1.96. The molecule has 9 heteroatoms. The quantitative estimate of drug-likeness (QED) is 0.553. The van der Waals surface area contributed by atoms with Gasteiger partial charge in [-0.3, -0.25) is 34.4 Å². The molecule has 1 aromatic rings. The van der Waals surface area contributed by atoms with E-state index in [1.807, 2.05) is 0 Å². The van der Waals surface area contributed by atoms with E-state index in [9.17, 15) is 24.0 Å². The number of hydrogen-bond acceptors (Lipinski definition) is 5. The van der Waals surface area contributed by atoms with Crippen molar-refractivity contribution in [1.82, 2.24) is 20.0 Å². The molecule has 19 heavy (non-hydrogen) atoms. The summed E-state index contributed by atoms with van der Waals surface area (Å²) in [5.74, 6) is -1.77. The van der Waals surface area contributed by atoms with Crippen molar-refractivity contribution in [2.75, 3.05) is 13.1 Å². The fourth-order valence-corrected chi connectivity index (χ4v) is 1.63. The molecule has 1 aliphatic rings. The van der Waals surface area contributed by atoms with Gasteiger partial charge in [0.15, 0.2) is 0 Å². The zero-order valence-corrected chi connectivity index (χ0v) is 9.71. The Kier molecular flexibility index (Phi) is 3.27. The summed E-state index contributed by atoms with van der Waals surface area (Å²) < 4.78 is 0.821. The first kappa shape index (κ1) is 12.7. The van der Waals surface area contributed by atoms with E-state index in [1.165, 1.54) is 0 Å². The van der Waals surface area contributed by atoms with Gasteiger partial charge in [0.25, 0.3) is 11.1 Å². The minimum absolute atomic E-state index is 0.254. The molecular weight excluding hydrogens is 256 g/mol. The van der Waals surface area contributed by atoms with Gasteiger partial charge in [0.1, 0.15) is 19.6 Å². The lowest BCUT2D eigenvalue weighted by atomic mass is 10.3. The third-order valence-corrected chi connectivity index (χ3v) is 2.48. The van der Waals surface area contributed by atoms with Gasteiger partial charge >= 0.3 is 0 Å². The van der Waals surface area contributed by atoms with Crippen LogP contribution < -0.4 is 16.4 Å². The van der Waals surface area contributed by atoms with E-state index < -0.39 is 35.4 Å². The normalized spacial score (nSPS) is 15.3. The number of H-pyrrole nitrogens is 1. The molecule has 0 spiro atoms. The number of piperazine rings is 1. The van der Waals surface area contributed by atoms with Gasteiger partial charge < -0.3 is 4.90 Å². The monoisotopic (exact) mass is 266 g/mol. The fraction of sp³-hybridized carbons (Fsp3) is 0.300. The van der Waals surface area contributed by atoms with Gasteiger partial charge in [0.05, 0.1) is 0 Å². The van der Waals surface area contributed by atoms with Crippen molar-refractivity contribution in [2.45, 2.75) is 6.54 Å². The summed E-state index contributed by atoms with van der Waals surface area (Å²) >= 11 is 0. The lowest BCUT2D eigenvalue weighted by Gasteiger charge is -2.25. The maximum absolute atomic E-state index is 11.8. The zero-order valence-electron chi connectivity index (χ0n) is 9.71. The van der Waals surface area contributed by atoms with E-state index in [1.54, 1.807) is 0 Å². The van der Waals surface area contributed by atoms with Crippen molar-refractivity contribution < 1.29 is 14.4 Å². The van der Waals surface area contributed by atoms with Crippen LogP contribution in [0.5, 0.6) is 0 Å². The van der Waals surface area contributed by atoms with Crippen molar-refractivity contribution in [3.8, 4) is 0 Å². The van der Waals surface area contributed by atoms with Gasteiger partial charge in [-0.1, -0.05) is 0 Å². The Bertz CT molecular complexity index is 642. The average molecular weight is 266 g/mol. The number of aromatic amines is 1. The summed E-state index contributed by atoms with van der Waals surface area (Å²) in [7, 11) is 0. The second-order valence-electron chi connectivity index (χ2n) is 3.95. The van der Waals surface area contributed by atoms with Crippen molar-refractivity contribution in [3.05, 3.63) is 32.8 Å². The van der Waals surface area contributed by atoms with Crippen LogP contribution in [0.1, 0.15) is 0 Å². The fourth-order valence-electron chi connectivity index (χ4n) is 1.63. The van der Waals surface area contributed by atoms with Crippen molar-refractivity contribution in [1.29, 1.82) is 0 Å². The standard InChI is InChI=1S/C10H10N4O5/c15-6-1-2-9(18)14(12-6)5-10(19)13-3-7(16)11-8(17)4-13/h1-2H,3-5H2,(H,12,15)(H,11,16,17). The maximum atomic E-state index is 11.8. The van der Waals surface area contributed by atoms with Crippen LogP contribution in [0, 0.1) is 0 Å². The van der Waals surface area contributed by atoms with Gasteiger partial charge in [0, 0.05) is 12.1 Å². The Morgan fingerprint density at radius 2 is 1.74 bits per heavy atom. The van der Waals surface area contributed by atoms with Gasteiger partial charge in [-0.2, -0.15) is 0 Å². The van der Waals surface area contributed by atoms with E-state index in [0.29, 0.717) is 0 Å². The Hall–Kier alpha value is -2.71. The largest absolute Gasteiger partial charge is 0.322 e. The van der Waals surface area contributed by atoms with Gasteiger partial charge in [-0.25, -0.2) is 4.68 Å². The van der Waals surface area contributed by atoms with E-state index in [0.717, 1.165) is 21.7 Å². The number of carbonyl (C=O) groups is 3. The molecule has 1 saturated heterocycles. The van der Waals surface area contributed by atoms with E-state index in [2.05, 4.69) is 10.4 Å². The molecule has 0 atom stereocenters. The van der Waals surface area contributed by atoms with Gasteiger partial charge in [0.2, 0.25) is 17.7 Å². The van der Waals surface area contributed by atoms with Crippen LogP contribution in [-0.2, 0) is 20.9 Å². The molecular formula is C10H10N4O5. The number of aromatic nitrogens is 2. The second kappa shape index (κ2) is 4.88. The number of nitrogens with zero attached hydrogens (tertiary/aromatic N) is 2. The molecule has 100 valence electrons. The number of nitrogens with one attached hydrogen (secondary N) is 2. The van der Waals surface area contributed by atoms with Crippen molar-refractivity contribution >= 4 is 17.7 Å². The Morgan fingerprint density at radius 3 is 2.37 bits per heavy atom. The Balaban J connectivity index is 2.15. The van der Waals surface area contributed by atoms with Crippen molar-refractivity contribution in [2.24, 2.45) is 0 Å². The predicted molar refractivity (Wildman–Crippen MR) is 61.1 cm³/mol. The topological polar surface area (TPSA) is 121 Å². The molecule has 0 unspecified atom stereocenters. The van der Waals surface area contributed by atoms with Crippen LogP contribution in [0.15, 0.2) is 21.7 Å². The molecule has 0 aromatic carbocycles. The molecule has 9 nitrogen and oxygen atoms in total. The highest BCUT2D eigenvalue weighted by molar-refractivity contribution is 6.02. The highest BCUT2D eigenvalue weighted by Gasteiger charge is 2.26. The first-order valence-electron chi connectivity index (χ1n) is 5.36. The molecule has 0 saturated carbocycles. The first-order valence-corrected chi connectivity index (χ1v) is 5.36. The number of carbonyl (C=O) groups excluding carboxylic acids is 3. The molecule has 3 amide bonds. The summed E-state index contributed by atoms with van der Waals surface area (Å²) in [6.07, 6.45) is 0. The number of hydrogen-bond donors (Lipinski definition) is 2. The van der Waals surface area contributed by atoms with Gasteiger partial charge in [-0.15, -0.1) is 0 Å². The minimum Gasteiger partial charge on any atom is -0.322 e. The Labute approximate surface area is 105 Å². The summed E-state index contributed by atoms with van der Waals surface area (Å²) in [6.45, 7) is -0.942. The maximum Gasteiger partial charge on any atom is 0.265 e. The lowest BCUT2D eigenvalue weighted by molar-refractivity contribution is -0.145. The lowest BCUT2D eigenvalue weighted by Crippen LogP contribution is -2.54. The molecule has 1 fully saturated rings. The molecule has 2 N–H and O–H groups in total. The van der Waals surface area contributed by atoms with Crippen LogP contribution >= 0.6 is 0 Å². The summed E-state index contributed by atoms with van der Waals surface area (Å²) in [5.41, 5.74) is -1.08. The molecule has 0 radical (unpaired) electrons. The number of imide groups is 1. The molecule has 0 bridgehead atoms. The highest BCUT2D eigenvalue weighted by atomic mass is 16.2. The minimum atomic E-state index is -0.604. The van der Waals surface area contributed by atoms with Gasteiger partial charge in [-0.05, 0) is 0 Å². The molecule has 1 aromatic heterocycles. The summed E-state index contributed by atoms with van der Waals surface area (Å²) in [4.78, 5) is 57.5. The second-order valence-corrected chi connectivity index (χ2v) is 3.95. The third-order valence-electron chi connectivity index (χ3n) is 2.48. The SMILES string of the molecule is O=C1CN(C(=O)Cn2[nH]c(=O)ccc2=O)CC(=O)N1. The summed E-state index contributed by atoms with van der Waals surface area (Å²) in [5, 5.41) is 4.23. The molecule has 2 heterocycles. The molecule has 1 aliphatic heterocycles. The number of amides is 3. The first-order chi connectivity index (χ1) is 8.95. The summed E-state index contributed by atoms with van der Waals surface area (Å²) in [6, 6.07) is 2.07. The van der Waals surface area contributed by atoms with E-state index in [-0.39, 0.29) is 13.1 Å². The zero-order chi connectivity index (χ0) is 14.0. The van der Waals surface area contributed by atoms with Crippen LogP contribution in [0.4, 0.5) is 0 Å². The number of rotatable bonds is 2. The third kappa shape index (κ3) is 2.94. The smallest absolute Gasteiger partial charge is 0.265 e. The molecule has 0 aliphatic carbocycles. The van der Waals surface area contributed by atoms with E-state index in [4.69, 9.17) is 0 Å². The average Bonchev–Trinajstić information content (AvgIpc) is 2.32. The van der Waals surface area contributed by atoms with Crippen molar-refractivity contribution in [3.63, 3.8) is 0 Å². The van der Waals surface area contributed by atoms with Crippen LogP contribution in [0.3, 0.4) is 0 Å². The molecule has 2 rings (SSSR count). The van der Waals surface area contributed by atoms with Crippen LogP contribution in [0.25, 0.3) is 0 Å². The Morgan fingerprint density at radius 1 is 1.11 bits per heavy atom. The van der Waals surface area contributed by atoms with Crippen LogP contribution in [0.2, 0.25) is 0 Å². The van der Waals surface area contributed by atoms with Crippen LogP contribution in [-0.4, -0.2) is 45.5 Å². The van der Waals surface area contributed by atoms with E-state index >= 15 is 0 Å². The predicted octanol–water partition coefficient (Wildman–Crippen LogP) is -2.98.